The highest BCUT2D eigenvalue weighted by Crippen LogP contribution is 2.09. The van der Waals surface area contributed by atoms with Gasteiger partial charge < -0.3 is 0 Å². The molecule has 0 fully saturated rings. The smallest absolute Gasteiger partial charge is 0.0622 e. The number of aryl methyl sites for hydroxylation is 1. The molecule has 1 heteroatoms. The monoisotopic (exact) mass is 310 g/mol. The van der Waals surface area contributed by atoms with Crippen LogP contribution in [-0.2, 0) is 6.42 Å². The van der Waals surface area contributed by atoms with Gasteiger partial charge in [0.15, 0.2) is 0 Å². The van der Waals surface area contributed by atoms with Gasteiger partial charge in [0, 0.05) is 5.56 Å². The van der Waals surface area contributed by atoms with E-state index >= 15 is 0 Å². The summed E-state index contributed by atoms with van der Waals surface area (Å²) in [4.78, 5) is 0. The molecule has 0 N–H and O–H groups in total. The van der Waals surface area contributed by atoms with E-state index in [-0.39, 0.29) is 0 Å². The molecular formula is C18H15Br. The molecule has 0 amide bonds. The van der Waals surface area contributed by atoms with E-state index in [1.165, 1.54) is 5.56 Å². The third-order valence-electron chi connectivity index (χ3n) is 2.70. The van der Waals surface area contributed by atoms with E-state index in [2.05, 4.69) is 58.1 Å². The summed E-state index contributed by atoms with van der Waals surface area (Å²) in [6, 6.07) is 20.5. The molecule has 0 aromatic heterocycles. The predicted molar refractivity (Wildman–Crippen MR) is 85.1 cm³/mol. The Morgan fingerprint density at radius 3 is 2.26 bits per heavy atom. The number of halogens is 1. The summed E-state index contributed by atoms with van der Waals surface area (Å²) < 4.78 is 0.951. The molecule has 2 aromatic rings. The molecule has 0 heterocycles. The van der Waals surface area contributed by atoms with E-state index in [0.29, 0.717) is 0 Å². The Morgan fingerprint density at radius 1 is 0.947 bits per heavy atom. The Labute approximate surface area is 123 Å². The van der Waals surface area contributed by atoms with Crippen molar-refractivity contribution in [3.63, 3.8) is 0 Å². The zero-order valence-electron chi connectivity index (χ0n) is 10.6. The van der Waals surface area contributed by atoms with Gasteiger partial charge in [-0.3, -0.25) is 0 Å². The molecule has 0 nitrogen and oxygen atoms in total. The van der Waals surface area contributed by atoms with Gasteiger partial charge in [0.25, 0.3) is 0 Å². The van der Waals surface area contributed by atoms with Gasteiger partial charge in [0.05, 0.1) is 4.48 Å². The van der Waals surface area contributed by atoms with Crippen molar-refractivity contribution in [3.8, 4) is 11.8 Å². The van der Waals surface area contributed by atoms with Crippen molar-refractivity contribution >= 4 is 15.9 Å². The van der Waals surface area contributed by atoms with Crippen LogP contribution in [0.4, 0.5) is 0 Å². The second-order valence-electron chi connectivity index (χ2n) is 4.19. The molecule has 0 saturated carbocycles. The Balaban J connectivity index is 1.88. The highest BCUT2D eigenvalue weighted by molar-refractivity contribution is 9.12. The lowest BCUT2D eigenvalue weighted by Crippen LogP contribution is -1.81. The van der Waals surface area contributed by atoms with E-state index in [0.717, 1.165) is 22.9 Å². The number of hydrogen-bond acceptors (Lipinski definition) is 0. The van der Waals surface area contributed by atoms with Crippen LogP contribution in [0.15, 0.2) is 71.2 Å². The summed E-state index contributed by atoms with van der Waals surface area (Å²) in [7, 11) is 0. The third-order valence-corrected chi connectivity index (χ3v) is 3.22. The molecule has 0 bridgehead atoms. The van der Waals surface area contributed by atoms with Gasteiger partial charge in [-0.15, -0.1) is 0 Å². The van der Waals surface area contributed by atoms with Crippen LogP contribution in [0.3, 0.4) is 0 Å². The largest absolute Gasteiger partial charge is 0.0638 e. The summed E-state index contributed by atoms with van der Waals surface area (Å²) in [5.41, 5.74) is 2.39. The molecule has 0 aliphatic carbocycles. The normalized spacial score (nSPS) is 10.7. The standard InChI is InChI=1S/C18H15Br/c19-18(15-14-17-10-5-2-6-11-17)13-7-12-16-8-3-1-4-9-16/h1-6,8-11,13H,7,12H2/b18-13-. The summed E-state index contributed by atoms with van der Waals surface area (Å²) in [6.07, 6.45) is 4.17. The van der Waals surface area contributed by atoms with E-state index < -0.39 is 0 Å². The van der Waals surface area contributed by atoms with Crippen LogP contribution in [0, 0.1) is 11.8 Å². The topological polar surface area (TPSA) is 0 Å². The molecule has 0 atom stereocenters. The van der Waals surface area contributed by atoms with Crippen LogP contribution in [0.5, 0.6) is 0 Å². The Kier molecular flexibility index (Phi) is 5.47. The number of benzene rings is 2. The van der Waals surface area contributed by atoms with Crippen LogP contribution in [0.1, 0.15) is 17.5 Å². The fraction of sp³-hybridized carbons (Fsp3) is 0.111. The van der Waals surface area contributed by atoms with Crippen LogP contribution < -0.4 is 0 Å². The lowest BCUT2D eigenvalue weighted by atomic mass is 10.1. The molecule has 0 spiro atoms. The molecule has 2 aromatic carbocycles. The van der Waals surface area contributed by atoms with Gasteiger partial charge in [-0.25, -0.2) is 0 Å². The van der Waals surface area contributed by atoms with Crippen molar-refractivity contribution < 1.29 is 0 Å². The average molecular weight is 311 g/mol. The van der Waals surface area contributed by atoms with Crippen LogP contribution >= 0.6 is 15.9 Å². The van der Waals surface area contributed by atoms with Gasteiger partial charge in [-0.1, -0.05) is 66.4 Å². The molecule has 0 radical (unpaired) electrons. The molecule has 0 unspecified atom stereocenters. The fourth-order valence-electron chi connectivity index (χ4n) is 1.71. The first-order chi connectivity index (χ1) is 9.34. The molecule has 94 valence electrons. The summed E-state index contributed by atoms with van der Waals surface area (Å²) >= 11 is 3.50. The first kappa shape index (κ1) is 13.6. The maximum Gasteiger partial charge on any atom is 0.0638 e. The summed E-state index contributed by atoms with van der Waals surface area (Å²) in [6.45, 7) is 0. The second-order valence-corrected chi connectivity index (χ2v) is 5.05. The molecule has 0 aliphatic heterocycles. The van der Waals surface area contributed by atoms with E-state index in [4.69, 9.17) is 0 Å². The Morgan fingerprint density at radius 2 is 1.58 bits per heavy atom. The minimum atomic E-state index is 0.951. The number of hydrogen-bond donors (Lipinski definition) is 0. The van der Waals surface area contributed by atoms with Crippen molar-refractivity contribution in [2.45, 2.75) is 12.8 Å². The number of rotatable bonds is 3. The Hall–Kier alpha value is -1.78. The lowest BCUT2D eigenvalue weighted by Gasteiger charge is -1.96. The average Bonchev–Trinajstić information content (AvgIpc) is 2.47. The molecular weight excluding hydrogens is 296 g/mol. The highest BCUT2D eigenvalue weighted by atomic mass is 79.9. The maximum atomic E-state index is 3.50. The third kappa shape index (κ3) is 5.16. The van der Waals surface area contributed by atoms with Crippen LogP contribution in [0.25, 0.3) is 0 Å². The maximum absolute atomic E-state index is 3.50. The zero-order valence-corrected chi connectivity index (χ0v) is 12.2. The molecule has 0 saturated heterocycles. The minimum absolute atomic E-state index is 0.951. The van der Waals surface area contributed by atoms with Crippen molar-refractivity contribution in [1.82, 2.24) is 0 Å². The minimum Gasteiger partial charge on any atom is -0.0622 e. The fourth-order valence-corrected chi connectivity index (χ4v) is 2.04. The van der Waals surface area contributed by atoms with Crippen molar-refractivity contribution in [2.24, 2.45) is 0 Å². The van der Waals surface area contributed by atoms with Crippen LogP contribution in [0.2, 0.25) is 0 Å². The van der Waals surface area contributed by atoms with Crippen molar-refractivity contribution in [1.29, 1.82) is 0 Å². The van der Waals surface area contributed by atoms with Gasteiger partial charge >= 0.3 is 0 Å². The SMILES string of the molecule is Br/C(C#Cc1ccccc1)=C\CCc1ccccc1. The molecule has 2 rings (SSSR count). The highest BCUT2D eigenvalue weighted by Gasteiger charge is 1.90. The second kappa shape index (κ2) is 7.61. The summed E-state index contributed by atoms with van der Waals surface area (Å²) in [5.74, 6) is 6.24. The molecule has 19 heavy (non-hydrogen) atoms. The van der Waals surface area contributed by atoms with E-state index in [1.807, 2.05) is 36.4 Å². The van der Waals surface area contributed by atoms with Crippen molar-refractivity contribution in [3.05, 3.63) is 82.3 Å². The Bertz CT molecular complexity index is 586. The van der Waals surface area contributed by atoms with Crippen molar-refractivity contribution in [2.75, 3.05) is 0 Å². The van der Waals surface area contributed by atoms with Crippen LogP contribution in [-0.4, -0.2) is 0 Å². The van der Waals surface area contributed by atoms with Gasteiger partial charge in [0.1, 0.15) is 0 Å². The summed E-state index contributed by atoms with van der Waals surface area (Å²) in [5, 5.41) is 0. The van der Waals surface area contributed by atoms with E-state index in [9.17, 15) is 0 Å². The van der Waals surface area contributed by atoms with Gasteiger partial charge in [0.2, 0.25) is 0 Å². The lowest BCUT2D eigenvalue weighted by molar-refractivity contribution is 1.00. The van der Waals surface area contributed by atoms with Gasteiger partial charge in [-0.2, -0.15) is 0 Å². The van der Waals surface area contributed by atoms with Gasteiger partial charge in [-0.05, 0) is 46.5 Å². The first-order valence-corrected chi connectivity index (χ1v) is 7.10. The first-order valence-electron chi connectivity index (χ1n) is 6.31. The molecule has 0 aliphatic rings. The number of allylic oxidation sites excluding steroid dienone is 2. The quantitative estimate of drug-likeness (QED) is 0.704. The predicted octanol–water partition coefficient (Wildman–Crippen LogP) is 4.95. The van der Waals surface area contributed by atoms with E-state index in [1.54, 1.807) is 0 Å². The zero-order chi connectivity index (χ0) is 13.3.